The molecule has 0 spiro atoms. The molecule has 0 aromatic carbocycles. The molecule has 0 radical (unpaired) electrons. The SMILES string of the molecule is CC(C)(C)OC(=O)NC1=NC(O)(CCCNC(=O)c2ccc[nH]2)C(=O)N1. The Labute approximate surface area is 150 Å². The van der Waals surface area contributed by atoms with Gasteiger partial charge in [-0.3, -0.25) is 20.2 Å². The number of guanidine groups is 1. The van der Waals surface area contributed by atoms with E-state index in [0.29, 0.717) is 12.1 Å². The molecule has 1 aromatic heterocycles. The van der Waals surface area contributed by atoms with Crippen LogP contribution in [0.3, 0.4) is 0 Å². The molecule has 2 heterocycles. The molecule has 0 saturated heterocycles. The number of hydrogen-bond acceptors (Lipinski definition) is 6. The van der Waals surface area contributed by atoms with Gasteiger partial charge in [0.15, 0.2) is 0 Å². The summed E-state index contributed by atoms with van der Waals surface area (Å²) in [5, 5.41) is 17.5. The Bertz CT molecular complexity index is 707. The van der Waals surface area contributed by atoms with Gasteiger partial charge in [0, 0.05) is 19.2 Å². The Morgan fingerprint density at radius 1 is 1.38 bits per heavy atom. The van der Waals surface area contributed by atoms with E-state index in [1.807, 2.05) is 0 Å². The summed E-state index contributed by atoms with van der Waals surface area (Å²) < 4.78 is 5.05. The summed E-state index contributed by atoms with van der Waals surface area (Å²) >= 11 is 0. The van der Waals surface area contributed by atoms with Gasteiger partial charge in [0.25, 0.3) is 11.8 Å². The van der Waals surface area contributed by atoms with Crippen molar-refractivity contribution >= 4 is 23.9 Å². The Kier molecular flexibility index (Phi) is 5.66. The summed E-state index contributed by atoms with van der Waals surface area (Å²) in [6.45, 7) is 5.33. The van der Waals surface area contributed by atoms with Gasteiger partial charge in [-0.15, -0.1) is 0 Å². The maximum absolute atomic E-state index is 11.9. The molecule has 1 unspecified atom stereocenters. The second-order valence-corrected chi connectivity index (χ2v) is 6.80. The van der Waals surface area contributed by atoms with Crippen LogP contribution in [-0.2, 0) is 9.53 Å². The summed E-state index contributed by atoms with van der Waals surface area (Å²) in [5.41, 5.74) is -2.29. The van der Waals surface area contributed by atoms with Crippen molar-refractivity contribution in [1.29, 1.82) is 0 Å². The van der Waals surface area contributed by atoms with E-state index in [9.17, 15) is 19.5 Å². The third-order valence-electron chi connectivity index (χ3n) is 3.34. The zero-order chi connectivity index (χ0) is 19.4. The van der Waals surface area contributed by atoms with Crippen LogP contribution in [0, 0.1) is 0 Å². The fourth-order valence-electron chi connectivity index (χ4n) is 2.20. The minimum Gasteiger partial charge on any atom is -0.444 e. The second-order valence-electron chi connectivity index (χ2n) is 6.80. The fraction of sp³-hybridized carbons (Fsp3) is 0.500. The van der Waals surface area contributed by atoms with Crippen molar-refractivity contribution < 1.29 is 24.2 Å². The van der Waals surface area contributed by atoms with E-state index in [4.69, 9.17) is 4.74 Å². The van der Waals surface area contributed by atoms with Gasteiger partial charge in [0.05, 0.1) is 0 Å². The number of H-pyrrole nitrogens is 1. The molecule has 0 fully saturated rings. The molecule has 0 aliphatic carbocycles. The predicted octanol–water partition coefficient (Wildman–Crippen LogP) is 0.224. The summed E-state index contributed by atoms with van der Waals surface area (Å²) in [6, 6.07) is 3.33. The van der Waals surface area contributed by atoms with Crippen LogP contribution in [0.1, 0.15) is 44.1 Å². The van der Waals surface area contributed by atoms with E-state index in [1.165, 1.54) is 0 Å². The lowest BCUT2D eigenvalue weighted by atomic mass is 10.1. The summed E-state index contributed by atoms with van der Waals surface area (Å²) in [6.07, 6.45) is 1.12. The Morgan fingerprint density at radius 3 is 2.73 bits per heavy atom. The Hall–Kier alpha value is -2.88. The van der Waals surface area contributed by atoms with Crippen molar-refractivity contribution in [3.8, 4) is 0 Å². The number of aromatic nitrogens is 1. The van der Waals surface area contributed by atoms with Gasteiger partial charge in [-0.25, -0.2) is 9.79 Å². The smallest absolute Gasteiger partial charge is 0.414 e. The minimum atomic E-state index is -2.00. The number of aliphatic imine (C=N–C) groups is 1. The number of nitrogens with zero attached hydrogens (tertiary/aromatic N) is 1. The zero-order valence-electron chi connectivity index (χ0n) is 14.9. The summed E-state index contributed by atoms with van der Waals surface area (Å²) in [4.78, 5) is 42.0. The number of carbonyl (C=O) groups is 3. The van der Waals surface area contributed by atoms with Crippen LogP contribution in [0.4, 0.5) is 4.79 Å². The highest BCUT2D eigenvalue weighted by Crippen LogP contribution is 2.19. The molecule has 5 N–H and O–H groups in total. The Balaban J connectivity index is 1.82. The standard InChI is InChI=1S/C16H23N5O5/c1-15(2,3)26-14(24)20-13-19-12(23)16(25,21-13)7-5-9-18-11(22)10-6-4-8-17-10/h4,6,8,17,25H,5,7,9H2,1-3H3,(H,18,22)(H2,19,20,21,23,24). The molecule has 1 aromatic rings. The van der Waals surface area contributed by atoms with Crippen molar-refractivity contribution in [2.45, 2.75) is 44.9 Å². The van der Waals surface area contributed by atoms with Gasteiger partial charge >= 0.3 is 6.09 Å². The number of rotatable bonds is 5. The highest BCUT2D eigenvalue weighted by molar-refractivity contribution is 6.10. The number of hydrogen-bond donors (Lipinski definition) is 5. The third kappa shape index (κ3) is 5.31. The van der Waals surface area contributed by atoms with E-state index in [0.717, 1.165) is 0 Å². The number of alkyl carbamates (subject to hydrolysis) is 1. The molecule has 1 aliphatic rings. The summed E-state index contributed by atoms with van der Waals surface area (Å²) in [7, 11) is 0. The summed E-state index contributed by atoms with van der Waals surface area (Å²) in [5.74, 6) is -1.21. The fourth-order valence-corrected chi connectivity index (χ4v) is 2.20. The first-order valence-corrected chi connectivity index (χ1v) is 8.14. The third-order valence-corrected chi connectivity index (χ3v) is 3.34. The number of aromatic amines is 1. The number of aliphatic hydroxyl groups is 1. The molecule has 142 valence electrons. The van der Waals surface area contributed by atoms with Crippen LogP contribution in [0.5, 0.6) is 0 Å². The second kappa shape index (κ2) is 7.56. The van der Waals surface area contributed by atoms with E-state index in [1.54, 1.807) is 39.1 Å². The van der Waals surface area contributed by atoms with Gasteiger partial charge in [-0.1, -0.05) is 0 Å². The molecule has 0 saturated carbocycles. The maximum Gasteiger partial charge on any atom is 0.414 e. The van der Waals surface area contributed by atoms with Crippen LogP contribution in [0.15, 0.2) is 23.3 Å². The largest absolute Gasteiger partial charge is 0.444 e. The monoisotopic (exact) mass is 365 g/mol. The van der Waals surface area contributed by atoms with E-state index in [-0.39, 0.29) is 24.8 Å². The topological polar surface area (TPSA) is 145 Å². The highest BCUT2D eigenvalue weighted by Gasteiger charge is 2.42. The van der Waals surface area contributed by atoms with Crippen molar-refractivity contribution in [3.05, 3.63) is 24.0 Å². The molecule has 26 heavy (non-hydrogen) atoms. The average molecular weight is 365 g/mol. The van der Waals surface area contributed by atoms with Crippen molar-refractivity contribution in [2.75, 3.05) is 6.54 Å². The molecule has 10 heteroatoms. The molecule has 0 bridgehead atoms. The lowest BCUT2D eigenvalue weighted by Crippen LogP contribution is -2.44. The molecule has 3 amide bonds. The first-order valence-electron chi connectivity index (χ1n) is 8.14. The number of amides is 3. The van der Waals surface area contributed by atoms with Crippen LogP contribution >= 0.6 is 0 Å². The quantitative estimate of drug-likeness (QED) is 0.474. The van der Waals surface area contributed by atoms with Crippen molar-refractivity contribution in [1.82, 2.24) is 20.9 Å². The normalized spacial score (nSPS) is 19.5. The van der Waals surface area contributed by atoms with Crippen molar-refractivity contribution in [3.63, 3.8) is 0 Å². The van der Waals surface area contributed by atoms with E-state index >= 15 is 0 Å². The van der Waals surface area contributed by atoms with Gasteiger partial charge in [-0.2, -0.15) is 0 Å². The first-order chi connectivity index (χ1) is 12.1. The molecule has 10 nitrogen and oxygen atoms in total. The van der Waals surface area contributed by atoms with Gasteiger partial charge < -0.3 is 20.1 Å². The molecular formula is C16H23N5O5. The molecule has 1 atom stereocenters. The lowest BCUT2D eigenvalue weighted by molar-refractivity contribution is -0.136. The molecular weight excluding hydrogens is 342 g/mol. The van der Waals surface area contributed by atoms with Gasteiger partial charge in [-0.05, 0) is 39.3 Å². The number of ether oxygens (including phenoxy) is 1. The van der Waals surface area contributed by atoms with Gasteiger partial charge in [0.2, 0.25) is 11.7 Å². The van der Waals surface area contributed by atoms with Crippen LogP contribution in [0.2, 0.25) is 0 Å². The Morgan fingerprint density at radius 2 is 2.12 bits per heavy atom. The maximum atomic E-state index is 11.9. The van der Waals surface area contributed by atoms with E-state index < -0.39 is 23.3 Å². The minimum absolute atomic E-state index is 0.0245. The van der Waals surface area contributed by atoms with E-state index in [2.05, 4.69) is 25.9 Å². The lowest BCUT2D eigenvalue weighted by Gasteiger charge is -2.19. The van der Waals surface area contributed by atoms with Crippen LogP contribution < -0.4 is 16.0 Å². The average Bonchev–Trinajstić information content (AvgIpc) is 3.11. The highest BCUT2D eigenvalue weighted by atomic mass is 16.6. The molecule has 1 aliphatic heterocycles. The van der Waals surface area contributed by atoms with Crippen LogP contribution in [-0.4, -0.2) is 51.8 Å². The predicted molar refractivity (Wildman–Crippen MR) is 92.3 cm³/mol. The zero-order valence-corrected chi connectivity index (χ0v) is 14.9. The molecule has 2 rings (SSSR count). The number of nitrogens with one attached hydrogen (secondary N) is 4. The number of carbonyl (C=O) groups excluding carboxylic acids is 3. The van der Waals surface area contributed by atoms with Crippen molar-refractivity contribution in [2.24, 2.45) is 4.99 Å². The van der Waals surface area contributed by atoms with Crippen LogP contribution in [0.25, 0.3) is 0 Å². The first kappa shape index (κ1) is 19.4. The van der Waals surface area contributed by atoms with Gasteiger partial charge in [0.1, 0.15) is 11.3 Å².